The van der Waals surface area contributed by atoms with Crippen molar-refractivity contribution in [2.75, 3.05) is 18.5 Å². The van der Waals surface area contributed by atoms with Gasteiger partial charge >= 0.3 is 0 Å². The minimum atomic E-state index is -0.480. The number of likely N-dealkylation sites (N-methyl/N-ethyl adjacent to an activating group) is 1. The summed E-state index contributed by atoms with van der Waals surface area (Å²) in [5.41, 5.74) is 6.40. The van der Waals surface area contributed by atoms with E-state index < -0.39 is 5.91 Å². The van der Waals surface area contributed by atoms with E-state index in [2.05, 4.69) is 5.32 Å². The molecule has 0 aromatic heterocycles. The Morgan fingerprint density at radius 3 is 2.94 bits per heavy atom. The number of nitrogens with zero attached hydrogens (tertiary/aromatic N) is 1. The predicted octanol–water partition coefficient (Wildman–Crippen LogP) is 0.500. The fourth-order valence-electron chi connectivity index (χ4n) is 2.23. The third kappa shape index (κ3) is 2.36. The number of primary amides is 1. The van der Waals surface area contributed by atoms with E-state index in [-0.39, 0.29) is 11.9 Å². The Morgan fingerprint density at radius 2 is 2.28 bits per heavy atom. The maximum atomic E-state index is 12.2. The van der Waals surface area contributed by atoms with Crippen LogP contribution >= 0.6 is 0 Å². The first-order valence-corrected chi connectivity index (χ1v) is 6.02. The Morgan fingerprint density at radius 1 is 1.50 bits per heavy atom. The summed E-state index contributed by atoms with van der Waals surface area (Å²) in [6.07, 6.45) is 1.79. The lowest BCUT2D eigenvalue weighted by molar-refractivity contribution is -0.121. The van der Waals surface area contributed by atoms with E-state index in [4.69, 9.17) is 5.73 Å². The maximum absolute atomic E-state index is 12.2. The number of hydrogen-bond acceptors (Lipinski definition) is 3. The third-order valence-electron chi connectivity index (χ3n) is 3.23. The molecule has 2 amide bonds. The van der Waals surface area contributed by atoms with Gasteiger partial charge in [-0.25, -0.2) is 0 Å². The van der Waals surface area contributed by atoms with Gasteiger partial charge in [0, 0.05) is 17.8 Å². The van der Waals surface area contributed by atoms with Gasteiger partial charge in [0.25, 0.3) is 0 Å². The van der Waals surface area contributed by atoms with Gasteiger partial charge in [0.2, 0.25) is 11.8 Å². The topological polar surface area (TPSA) is 75.4 Å². The Hall–Kier alpha value is -1.88. The highest BCUT2D eigenvalue weighted by molar-refractivity contribution is 6.00. The van der Waals surface area contributed by atoms with Gasteiger partial charge < -0.3 is 16.0 Å². The van der Waals surface area contributed by atoms with Gasteiger partial charge in [-0.05, 0) is 38.1 Å². The third-order valence-corrected chi connectivity index (χ3v) is 3.23. The van der Waals surface area contributed by atoms with Gasteiger partial charge in [-0.1, -0.05) is 6.07 Å². The number of rotatable bonds is 3. The quantitative estimate of drug-likeness (QED) is 0.816. The van der Waals surface area contributed by atoms with Crippen LogP contribution in [0.1, 0.15) is 23.2 Å². The number of piperidine rings is 1. The number of amides is 2. The molecule has 5 heteroatoms. The smallest absolute Gasteiger partial charge is 0.248 e. The highest BCUT2D eigenvalue weighted by atomic mass is 16.2. The number of anilines is 1. The van der Waals surface area contributed by atoms with Crippen LogP contribution < -0.4 is 16.0 Å². The van der Waals surface area contributed by atoms with Crippen LogP contribution in [-0.2, 0) is 4.79 Å². The molecule has 18 heavy (non-hydrogen) atoms. The van der Waals surface area contributed by atoms with Gasteiger partial charge in [0.15, 0.2) is 0 Å². The molecule has 1 aliphatic rings. The van der Waals surface area contributed by atoms with Crippen LogP contribution in [-0.4, -0.2) is 31.4 Å². The van der Waals surface area contributed by atoms with Crippen LogP contribution in [0, 0.1) is 0 Å². The average molecular weight is 247 g/mol. The molecule has 5 nitrogen and oxygen atoms in total. The minimum absolute atomic E-state index is 0.0466. The first kappa shape index (κ1) is 12.6. The minimum Gasteiger partial charge on any atom is -0.366 e. The fraction of sp³-hybridized carbons (Fsp3) is 0.385. The Labute approximate surface area is 106 Å². The van der Waals surface area contributed by atoms with E-state index in [1.54, 1.807) is 30.1 Å². The van der Waals surface area contributed by atoms with Crippen LogP contribution in [0.15, 0.2) is 24.3 Å². The molecular formula is C13H17N3O2. The molecule has 1 aliphatic heterocycles. The van der Waals surface area contributed by atoms with Crippen LogP contribution in [0.5, 0.6) is 0 Å². The highest BCUT2D eigenvalue weighted by Crippen LogP contribution is 2.22. The molecule has 1 heterocycles. The van der Waals surface area contributed by atoms with Crippen molar-refractivity contribution in [2.24, 2.45) is 5.73 Å². The second-order valence-electron chi connectivity index (χ2n) is 4.39. The average Bonchev–Trinajstić information content (AvgIpc) is 2.39. The van der Waals surface area contributed by atoms with Crippen LogP contribution in [0.3, 0.4) is 0 Å². The van der Waals surface area contributed by atoms with Gasteiger partial charge in [-0.15, -0.1) is 0 Å². The van der Waals surface area contributed by atoms with E-state index in [0.717, 1.165) is 18.5 Å². The number of carbonyl (C=O) groups is 2. The molecular weight excluding hydrogens is 230 g/mol. The fourth-order valence-corrected chi connectivity index (χ4v) is 2.23. The van der Waals surface area contributed by atoms with Gasteiger partial charge in [-0.3, -0.25) is 9.59 Å². The van der Waals surface area contributed by atoms with E-state index >= 15 is 0 Å². The molecule has 2 rings (SSSR count). The Bertz CT molecular complexity index is 473. The lowest BCUT2D eigenvalue weighted by Crippen LogP contribution is -2.49. The number of nitrogens with one attached hydrogen (secondary N) is 1. The molecule has 0 aliphatic carbocycles. The lowest BCUT2D eigenvalue weighted by atomic mass is 10.0. The first-order valence-electron chi connectivity index (χ1n) is 6.02. The first-order chi connectivity index (χ1) is 8.63. The summed E-state index contributed by atoms with van der Waals surface area (Å²) >= 11 is 0. The summed E-state index contributed by atoms with van der Waals surface area (Å²) in [5.74, 6) is -0.433. The second-order valence-corrected chi connectivity index (χ2v) is 4.39. The zero-order valence-electron chi connectivity index (χ0n) is 10.3. The van der Waals surface area contributed by atoms with E-state index in [1.807, 2.05) is 6.07 Å². The van der Waals surface area contributed by atoms with Gasteiger partial charge in [0.05, 0.1) is 6.04 Å². The van der Waals surface area contributed by atoms with Crippen molar-refractivity contribution in [3.63, 3.8) is 0 Å². The molecule has 0 bridgehead atoms. The number of hydrogen-bond donors (Lipinski definition) is 2. The van der Waals surface area contributed by atoms with Gasteiger partial charge in [-0.2, -0.15) is 0 Å². The molecule has 96 valence electrons. The number of carbonyl (C=O) groups excluding carboxylic acids is 2. The van der Waals surface area contributed by atoms with Gasteiger partial charge in [0.1, 0.15) is 0 Å². The van der Waals surface area contributed by atoms with Crippen molar-refractivity contribution in [2.45, 2.75) is 18.9 Å². The molecule has 1 aromatic rings. The SMILES string of the molecule is CNC1CCCN(c2cccc(C(N)=O)c2)C1=O. The molecule has 0 saturated carbocycles. The van der Waals surface area contributed by atoms with E-state index in [0.29, 0.717) is 12.1 Å². The van der Waals surface area contributed by atoms with Crippen LogP contribution in [0.25, 0.3) is 0 Å². The highest BCUT2D eigenvalue weighted by Gasteiger charge is 2.28. The van der Waals surface area contributed by atoms with Crippen molar-refractivity contribution in [1.82, 2.24) is 5.32 Å². The molecule has 1 saturated heterocycles. The summed E-state index contributed by atoms with van der Waals surface area (Å²) in [4.78, 5) is 25.0. The largest absolute Gasteiger partial charge is 0.366 e. The zero-order chi connectivity index (χ0) is 13.1. The predicted molar refractivity (Wildman–Crippen MR) is 69.4 cm³/mol. The van der Waals surface area contributed by atoms with Crippen molar-refractivity contribution < 1.29 is 9.59 Å². The second kappa shape index (κ2) is 5.18. The molecule has 1 aromatic carbocycles. The maximum Gasteiger partial charge on any atom is 0.248 e. The Kier molecular flexibility index (Phi) is 3.62. The summed E-state index contributed by atoms with van der Waals surface area (Å²) < 4.78 is 0. The lowest BCUT2D eigenvalue weighted by Gasteiger charge is -2.32. The van der Waals surface area contributed by atoms with Crippen molar-refractivity contribution >= 4 is 17.5 Å². The summed E-state index contributed by atoms with van der Waals surface area (Å²) in [6.45, 7) is 0.680. The molecule has 0 radical (unpaired) electrons. The zero-order valence-corrected chi connectivity index (χ0v) is 10.3. The Balaban J connectivity index is 2.27. The standard InChI is InChI=1S/C13H17N3O2/c1-15-11-6-3-7-16(13(11)18)10-5-2-4-9(8-10)12(14)17/h2,4-5,8,11,15H,3,6-7H2,1H3,(H2,14,17). The molecule has 3 N–H and O–H groups in total. The van der Waals surface area contributed by atoms with E-state index in [1.165, 1.54) is 0 Å². The van der Waals surface area contributed by atoms with Crippen LogP contribution in [0.2, 0.25) is 0 Å². The molecule has 1 unspecified atom stereocenters. The summed E-state index contributed by atoms with van der Waals surface area (Å²) in [7, 11) is 1.78. The monoisotopic (exact) mass is 247 g/mol. The normalized spacial score (nSPS) is 19.9. The summed E-state index contributed by atoms with van der Waals surface area (Å²) in [5, 5.41) is 3.01. The van der Waals surface area contributed by atoms with Crippen LogP contribution in [0.4, 0.5) is 5.69 Å². The summed E-state index contributed by atoms with van der Waals surface area (Å²) in [6, 6.07) is 6.73. The van der Waals surface area contributed by atoms with Crippen molar-refractivity contribution in [1.29, 1.82) is 0 Å². The number of nitrogens with two attached hydrogens (primary N) is 1. The van der Waals surface area contributed by atoms with Crippen molar-refractivity contribution in [3.05, 3.63) is 29.8 Å². The van der Waals surface area contributed by atoms with Crippen molar-refractivity contribution in [3.8, 4) is 0 Å². The molecule has 1 fully saturated rings. The number of benzene rings is 1. The van der Waals surface area contributed by atoms with E-state index in [9.17, 15) is 9.59 Å². The molecule has 0 spiro atoms. The molecule has 1 atom stereocenters.